The van der Waals surface area contributed by atoms with Crippen LogP contribution in [0.5, 0.6) is 0 Å². The third-order valence-electron chi connectivity index (χ3n) is 5.16. The third-order valence-corrected chi connectivity index (χ3v) is 5.41. The van der Waals surface area contributed by atoms with E-state index in [1.54, 1.807) is 12.1 Å². The van der Waals surface area contributed by atoms with Crippen LogP contribution in [0, 0.1) is 0 Å². The number of para-hydroxylation sites is 1. The van der Waals surface area contributed by atoms with Gasteiger partial charge in [-0.15, -0.1) is 0 Å². The predicted molar refractivity (Wildman–Crippen MR) is 114 cm³/mol. The number of urea groups is 1. The molecule has 154 valence electrons. The first kappa shape index (κ1) is 20.0. The highest BCUT2D eigenvalue weighted by Gasteiger charge is 2.39. The fourth-order valence-electron chi connectivity index (χ4n) is 3.58. The van der Waals surface area contributed by atoms with Crippen molar-refractivity contribution in [3.05, 3.63) is 70.9 Å². The van der Waals surface area contributed by atoms with Crippen molar-refractivity contribution in [2.45, 2.75) is 18.9 Å². The largest absolute Gasteiger partial charge is 0.361 e. The van der Waals surface area contributed by atoms with Gasteiger partial charge in [-0.25, -0.2) is 4.79 Å². The molecule has 8 heteroatoms. The van der Waals surface area contributed by atoms with E-state index in [9.17, 15) is 14.4 Å². The lowest BCUT2D eigenvalue weighted by molar-refractivity contribution is -0.132. The smallest absolute Gasteiger partial charge is 0.325 e. The quantitative estimate of drug-likeness (QED) is 0.509. The van der Waals surface area contributed by atoms with Gasteiger partial charge in [-0.05, 0) is 35.7 Å². The molecule has 0 bridgehead atoms. The molecule has 0 aliphatic carbocycles. The van der Waals surface area contributed by atoms with Gasteiger partial charge in [0.05, 0.1) is 0 Å². The molecular formula is C22H21ClN4O3. The molecular weight excluding hydrogens is 404 g/mol. The Balaban J connectivity index is 1.31. The lowest BCUT2D eigenvalue weighted by atomic mass is 10.1. The van der Waals surface area contributed by atoms with Gasteiger partial charge in [0.25, 0.3) is 5.91 Å². The molecule has 4 rings (SSSR count). The van der Waals surface area contributed by atoms with Crippen LogP contribution in [0.3, 0.4) is 0 Å². The van der Waals surface area contributed by atoms with E-state index >= 15 is 0 Å². The van der Waals surface area contributed by atoms with Crippen LogP contribution in [0.4, 0.5) is 4.79 Å². The van der Waals surface area contributed by atoms with Crippen molar-refractivity contribution in [1.82, 2.24) is 20.5 Å². The number of imide groups is 1. The number of rotatable bonds is 7. The van der Waals surface area contributed by atoms with E-state index < -0.39 is 18.0 Å². The molecule has 7 nitrogen and oxygen atoms in total. The topological polar surface area (TPSA) is 94.3 Å². The fourth-order valence-corrected chi connectivity index (χ4v) is 3.71. The summed E-state index contributed by atoms with van der Waals surface area (Å²) in [6.45, 7) is 0.110. The van der Waals surface area contributed by atoms with Gasteiger partial charge in [-0.2, -0.15) is 0 Å². The standard InChI is InChI=1S/C22H21ClN4O3/c23-16-7-5-14(6-8-16)9-10-24-20(28)13-27-21(29)19(26-22(27)30)11-15-12-25-18-4-2-1-3-17(15)18/h1-8,12,19,25H,9-11,13H2,(H,24,28)(H,26,30). The molecule has 3 N–H and O–H groups in total. The van der Waals surface area contributed by atoms with E-state index in [0.29, 0.717) is 24.4 Å². The normalized spacial score (nSPS) is 16.2. The summed E-state index contributed by atoms with van der Waals surface area (Å²) in [4.78, 5) is 41.3. The molecule has 0 saturated carbocycles. The Morgan fingerprint density at radius 2 is 1.87 bits per heavy atom. The first-order valence-corrected chi connectivity index (χ1v) is 10.1. The highest BCUT2D eigenvalue weighted by Crippen LogP contribution is 2.21. The summed E-state index contributed by atoms with van der Waals surface area (Å²) in [5, 5.41) is 7.10. The van der Waals surface area contributed by atoms with E-state index in [4.69, 9.17) is 11.6 Å². The van der Waals surface area contributed by atoms with E-state index in [-0.39, 0.29) is 12.5 Å². The summed E-state index contributed by atoms with van der Waals surface area (Å²) >= 11 is 5.86. The van der Waals surface area contributed by atoms with Crippen LogP contribution in [0.1, 0.15) is 11.1 Å². The van der Waals surface area contributed by atoms with E-state index in [2.05, 4.69) is 15.6 Å². The number of carbonyl (C=O) groups excluding carboxylic acids is 3. The van der Waals surface area contributed by atoms with Gasteiger partial charge in [-0.1, -0.05) is 41.9 Å². The zero-order chi connectivity index (χ0) is 21.1. The van der Waals surface area contributed by atoms with Gasteiger partial charge >= 0.3 is 6.03 Å². The van der Waals surface area contributed by atoms with Crippen LogP contribution >= 0.6 is 11.6 Å². The fraction of sp³-hybridized carbons (Fsp3) is 0.227. The van der Waals surface area contributed by atoms with Crippen LogP contribution in [-0.4, -0.2) is 46.9 Å². The number of fused-ring (bicyclic) bond motifs is 1. The third kappa shape index (κ3) is 4.31. The summed E-state index contributed by atoms with van der Waals surface area (Å²) in [6.07, 6.45) is 2.84. The van der Waals surface area contributed by atoms with Crippen LogP contribution < -0.4 is 10.6 Å². The molecule has 1 saturated heterocycles. The van der Waals surface area contributed by atoms with Crippen molar-refractivity contribution in [1.29, 1.82) is 0 Å². The molecule has 3 aromatic rings. The highest BCUT2D eigenvalue weighted by molar-refractivity contribution is 6.30. The minimum atomic E-state index is -0.682. The van der Waals surface area contributed by atoms with Gasteiger partial charge in [0.1, 0.15) is 12.6 Å². The molecule has 0 radical (unpaired) electrons. The van der Waals surface area contributed by atoms with Crippen LogP contribution in [0.25, 0.3) is 10.9 Å². The zero-order valence-corrected chi connectivity index (χ0v) is 16.9. The maximum atomic E-state index is 12.7. The van der Waals surface area contributed by atoms with Gasteiger partial charge < -0.3 is 15.6 Å². The van der Waals surface area contributed by atoms with Crippen molar-refractivity contribution in [3.63, 3.8) is 0 Å². The average Bonchev–Trinajstić information content (AvgIpc) is 3.26. The summed E-state index contributed by atoms with van der Waals surface area (Å²) in [5.74, 6) is -0.765. The molecule has 1 atom stereocenters. The molecule has 1 aliphatic heterocycles. The minimum Gasteiger partial charge on any atom is -0.361 e. The molecule has 2 aromatic carbocycles. The Morgan fingerprint density at radius 3 is 2.67 bits per heavy atom. The Labute approximate surface area is 178 Å². The Bertz CT molecular complexity index is 1090. The van der Waals surface area contributed by atoms with Crippen molar-refractivity contribution < 1.29 is 14.4 Å². The Morgan fingerprint density at radius 1 is 1.10 bits per heavy atom. The molecule has 1 aromatic heterocycles. The summed E-state index contributed by atoms with van der Waals surface area (Å²) in [7, 11) is 0. The maximum absolute atomic E-state index is 12.7. The number of nitrogens with one attached hydrogen (secondary N) is 3. The first-order chi connectivity index (χ1) is 14.5. The number of hydrogen-bond donors (Lipinski definition) is 3. The number of nitrogens with zero attached hydrogens (tertiary/aromatic N) is 1. The number of aromatic nitrogens is 1. The van der Waals surface area contributed by atoms with E-state index in [1.165, 1.54) is 0 Å². The molecule has 1 fully saturated rings. The van der Waals surface area contributed by atoms with Crippen molar-refractivity contribution in [3.8, 4) is 0 Å². The van der Waals surface area contributed by atoms with E-state index in [1.807, 2.05) is 42.6 Å². The Kier molecular flexibility index (Phi) is 5.72. The number of H-pyrrole nitrogens is 1. The second kappa shape index (κ2) is 8.59. The second-order valence-corrected chi connectivity index (χ2v) is 7.65. The average molecular weight is 425 g/mol. The molecule has 1 unspecified atom stereocenters. The number of carbonyl (C=O) groups is 3. The Hall–Kier alpha value is -3.32. The van der Waals surface area contributed by atoms with Crippen molar-refractivity contribution in [2.24, 2.45) is 0 Å². The minimum absolute atomic E-state index is 0.296. The number of amides is 4. The van der Waals surface area contributed by atoms with Crippen LogP contribution in [0.2, 0.25) is 5.02 Å². The van der Waals surface area contributed by atoms with Crippen LogP contribution in [0.15, 0.2) is 54.7 Å². The monoisotopic (exact) mass is 424 g/mol. The maximum Gasteiger partial charge on any atom is 0.325 e. The number of halogens is 1. The molecule has 0 spiro atoms. The van der Waals surface area contributed by atoms with Crippen molar-refractivity contribution >= 4 is 40.3 Å². The van der Waals surface area contributed by atoms with Crippen LogP contribution in [-0.2, 0) is 22.4 Å². The predicted octanol–water partition coefficient (Wildman–Crippen LogP) is 2.64. The number of hydrogen-bond acceptors (Lipinski definition) is 3. The van der Waals surface area contributed by atoms with Gasteiger partial charge in [0.15, 0.2) is 0 Å². The molecule has 4 amide bonds. The second-order valence-electron chi connectivity index (χ2n) is 7.22. The summed E-state index contributed by atoms with van der Waals surface area (Å²) in [6, 6.07) is 13.9. The molecule has 2 heterocycles. The summed E-state index contributed by atoms with van der Waals surface area (Å²) in [5.41, 5.74) is 2.95. The highest BCUT2D eigenvalue weighted by atomic mass is 35.5. The van der Waals surface area contributed by atoms with Gasteiger partial charge in [-0.3, -0.25) is 14.5 Å². The summed E-state index contributed by atoms with van der Waals surface area (Å²) < 4.78 is 0. The zero-order valence-electron chi connectivity index (χ0n) is 16.2. The van der Waals surface area contributed by atoms with Gasteiger partial charge in [0, 0.05) is 35.1 Å². The van der Waals surface area contributed by atoms with Crippen molar-refractivity contribution in [2.75, 3.05) is 13.1 Å². The SMILES string of the molecule is O=C(CN1C(=O)NC(Cc2c[nH]c3ccccc23)C1=O)NCCc1ccc(Cl)cc1. The lowest BCUT2D eigenvalue weighted by Crippen LogP contribution is -2.41. The number of benzene rings is 2. The lowest BCUT2D eigenvalue weighted by Gasteiger charge is -2.13. The first-order valence-electron chi connectivity index (χ1n) is 9.69. The molecule has 1 aliphatic rings. The number of aromatic amines is 1. The van der Waals surface area contributed by atoms with Gasteiger partial charge in [0.2, 0.25) is 5.91 Å². The molecule has 30 heavy (non-hydrogen) atoms. The van der Waals surface area contributed by atoms with E-state index in [0.717, 1.165) is 26.9 Å².